The van der Waals surface area contributed by atoms with Gasteiger partial charge in [0.25, 0.3) is 0 Å². The predicted molar refractivity (Wildman–Crippen MR) is 102 cm³/mol. The van der Waals surface area contributed by atoms with Crippen LogP contribution in [0.3, 0.4) is 0 Å². The molecule has 23 heavy (non-hydrogen) atoms. The quantitative estimate of drug-likeness (QED) is 0.741. The zero-order valence-corrected chi connectivity index (χ0v) is 14.4. The van der Waals surface area contributed by atoms with Gasteiger partial charge in [-0.15, -0.1) is 6.58 Å². The van der Waals surface area contributed by atoms with Gasteiger partial charge in [0, 0.05) is 11.5 Å². The zero-order valence-electron chi connectivity index (χ0n) is 14.4. The molecule has 0 unspecified atom stereocenters. The van der Waals surface area contributed by atoms with E-state index in [2.05, 4.69) is 81.1 Å². The molecule has 0 aliphatic heterocycles. The first-order chi connectivity index (χ1) is 10.9. The summed E-state index contributed by atoms with van der Waals surface area (Å²) in [6.45, 7) is 10.3. The maximum Gasteiger partial charge on any atom is 0.00726 e. The van der Waals surface area contributed by atoms with E-state index in [1.165, 1.54) is 22.3 Å². The van der Waals surface area contributed by atoms with E-state index in [1.807, 2.05) is 13.0 Å². The molecule has 0 fully saturated rings. The van der Waals surface area contributed by atoms with Gasteiger partial charge in [-0.1, -0.05) is 80.6 Å². The van der Waals surface area contributed by atoms with Crippen molar-refractivity contribution in [2.24, 2.45) is 11.1 Å². The summed E-state index contributed by atoms with van der Waals surface area (Å²) in [5.74, 6) is 0. The summed E-state index contributed by atoms with van der Waals surface area (Å²) in [6.07, 6.45) is 15.8. The van der Waals surface area contributed by atoms with Gasteiger partial charge in [-0.05, 0) is 35.6 Å². The lowest BCUT2D eigenvalue weighted by Gasteiger charge is -2.21. The Bertz CT molecular complexity index is 664. The fourth-order valence-corrected chi connectivity index (χ4v) is 2.57. The highest BCUT2D eigenvalue weighted by molar-refractivity contribution is 5.76. The molecule has 0 saturated heterocycles. The molecule has 0 radical (unpaired) electrons. The molecule has 1 heteroatoms. The molecule has 1 atom stereocenters. The molecule has 0 heterocycles. The molecule has 0 aromatic heterocycles. The Hall–Kier alpha value is -2.12. The van der Waals surface area contributed by atoms with Crippen molar-refractivity contribution in [3.63, 3.8) is 0 Å². The zero-order chi connectivity index (χ0) is 16.9. The minimum Gasteiger partial charge on any atom is -0.328 e. The Morgan fingerprint density at radius 1 is 1.09 bits per heavy atom. The van der Waals surface area contributed by atoms with Crippen molar-refractivity contribution in [1.29, 1.82) is 0 Å². The summed E-state index contributed by atoms with van der Waals surface area (Å²) in [6, 6.07) is 8.86. The SMILES string of the molecule is C=CC(C)(C)C1=C/C=C/C(c2ccc(C[C@@H](C)N)cc2)=C\C=C1. The smallest absolute Gasteiger partial charge is 0.00726 e. The number of benzene rings is 1. The Labute approximate surface area is 140 Å². The third-order valence-corrected chi connectivity index (χ3v) is 4.20. The minimum atomic E-state index is -0.0211. The van der Waals surface area contributed by atoms with E-state index in [1.54, 1.807) is 0 Å². The molecule has 0 bridgehead atoms. The lowest BCUT2D eigenvalue weighted by atomic mass is 9.83. The summed E-state index contributed by atoms with van der Waals surface area (Å²) in [5, 5.41) is 0. The second-order valence-electron chi connectivity index (χ2n) is 6.77. The highest BCUT2D eigenvalue weighted by Gasteiger charge is 2.16. The summed E-state index contributed by atoms with van der Waals surface area (Å²) >= 11 is 0. The minimum absolute atomic E-state index is 0.0211. The fourth-order valence-electron chi connectivity index (χ4n) is 2.57. The predicted octanol–water partition coefficient (Wildman–Crippen LogP) is 5.22. The molecule has 0 spiro atoms. The van der Waals surface area contributed by atoms with Crippen LogP contribution in [-0.4, -0.2) is 6.04 Å². The maximum absolute atomic E-state index is 5.86. The topological polar surface area (TPSA) is 26.0 Å². The molecule has 2 N–H and O–H groups in total. The van der Waals surface area contributed by atoms with Crippen molar-refractivity contribution >= 4 is 5.57 Å². The van der Waals surface area contributed by atoms with E-state index in [4.69, 9.17) is 5.73 Å². The molecule has 1 aliphatic carbocycles. The monoisotopic (exact) mass is 305 g/mol. The van der Waals surface area contributed by atoms with Gasteiger partial charge in [0.2, 0.25) is 0 Å². The van der Waals surface area contributed by atoms with E-state index in [0.717, 1.165) is 6.42 Å². The largest absolute Gasteiger partial charge is 0.328 e. The second-order valence-corrected chi connectivity index (χ2v) is 6.77. The highest BCUT2D eigenvalue weighted by Crippen LogP contribution is 2.30. The van der Waals surface area contributed by atoms with Gasteiger partial charge >= 0.3 is 0 Å². The third-order valence-electron chi connectivity index (χ3n) is 4.20. The van der Waals surface area contributed by atoms with Crippen molar-refractivity contribution < 1.29 is 0 Å². The molecule has 1 aromatic rings. The van der Waals surface area contributed by atoms with Gasteiger partial charge in [0.15, 0.2) is 0 Å². The molecule has 1 aliphatic rings. The van der Waals surface area contributed by atoms with Crippen LogP contribution in [0.2, 0.25) is 0 Å². The first kappa shape index (κ1) is 17.2. The van der Waals surface area contributed by atoms with Crippen LogP contribution in [-0.2, 0) is 6.42 Å². The number of hydrogen-bond acceptors (Lipinski definition) is 1. The van der Waals surface area contributed by atoms with Crippen molar-refractivity contribution in [3.05, 3.63) is 90.1 Å². The summed E-state index contributed by atoms with van der Waals surface area (Å²) in [7, 11) is 0. The third kappa shape index (κ3) is 4.67. The van der Waals surface area contributed by atoms with E-state index >= 15 is 0 Å². The first-order valence-corrected chi connectivity index (χ1v) is 8.18. The molecular weight excluding hydrogens is 278 g/mol. The normalized spacial score (nSPS) is 19.8. The van der Waals surface area contributed by atoms with Crippen molar-refractivity contribution in [2.75, 3.05) is 0 Å². The van der Waals surface area contributed by atoms with Crippen molar-refractivity contribution in [3.8, 4) is 0 Å². The standard InChI is InChI=1S/C22H27N/c1-5-22(3,4)21-10-6-8-19(9-7-11-21)20-14-12-18(13-15-20)16-17(2)23/h5-15,17H,1,16,23H2,2-4H3/b8-6+,9-7?,10-6?,11-7?,19-8?,19-9+,21-10?,21-11?/t17-/m1/s1. The van der Waals surface area contributed by atoms with Crippen LogP contribution in [0.15, 0.2) is 78.9 Å². The summed E-state index contributed by atoms with van der Waals surface area (Å²) < 4.78 is 0. The fraction of sp³-hybridized carbons (Fsp3) is 0.273. The first-order valence-electron chi connectivity index (χ1n) is 8.18. The average molecular weight is 305 g/mol. The number of hydrogen-bond donors (Lipinski definition) is 1. The van der Waals surface area contributed by atoms with Gasteiger partial charge in [-0.3, -0.25) is 0 Å². The summed E-state index contributed by atoms with van der Waals surface area (Å²) in [4.78, 5) is 0. The Kier molecular flexibility index (Phi) is 5.57. The van der Waals surface area contributed by atoms with Gasteiger partial charge in [0.1, 0.15) is 0 Å². The maximum atomic E-state index is 5.86. The van der Waals surface area contributed by atoms with Gasteiger partial charge in [0.05, 0.1) is 0 Å². The molecule has 0 saturated carbocycles. The molecule has 120 valence electrons. The van der Waals surface area contributed by atoms with E-state index in [-0.39, 0.29) is 11.5 Å². The van der Waals surface area contributed by atoms with Gasteiger partial charge in [-0.25, -0.2) is 0 Å². The van der Waals surface area contributed by atoms with Crippen LogP contribution in [0.5, 0.6) is 0 Å². The molecule has 0 amide bonds. The molecule has 1 nitrogen and oxygen atoms in total. The second kappa shape index (κ2) is 7.43. The van der Waals surface area contributed by atoms with Crippen LogP contribution in [0, 0.1) is 5.41 Å². The van der Waals surface area contributed by atoms with E-state index < -0.39 is 0 Å². The lowest BCUT2D eigenvalue weighted by molar-refractivity contribution is 0.597. The Morgan fingerprint density at radius 3 is 2.35 bits per heavy atom. The van der Waals surface area contributed by atoms with Crippen molar-refractivity contribution in [1.82, 2.24) is 0 Å². The van der Waals surface area contributed by atoms with Gasteiger partial charge < -0.3 is 5.73 Å². The average Bonchev–Trinajstić information content (AvgIpc) is 2.47. The molecule has 2 rings (SSSR count). The molecular formula is C22H27N. The van der Waals surface area contributed by atoms with Crippen LogP contribution in [0.1, 0.15) is 31.9 Å². The van der Waals surface area contributed by atoms with E-state index in [9.17, 15) is 0 Å². The number of nitrogens with two attached hydrogens (primary N) is 1. The lowest BCUT2D eigenvalue weighted by Crippen LogP contribution is -2.17. The van der Waals surface area contributed by atoms with Crippen LogP contribution < -0.4 is 5.73 Å². The van der Waals surface area contributed by atoms with Crippen LogP contribution in [0.4, 0.5) is 0 Å². The summed E-state index contributed by atoms with van der Waals surface area (Å²) in [5.41, 5.74) is 10.8. The van der Waals surface area contributed by atoms with E-state index in [0.29, 0.717) is 0 Å². The Balaban J connectivity index is 2.19. The van der Waals surface area contributed by atoms with Crippen LogP contribution in [0.25, 0.3) is 5.57 Å². The number of rotatable bonds is 5. The molecule has 1 aromatic carbocycles. The van der Waals surface area contributed by atoms with Crippen molar-refractivity contribution in [2.45, 2.75) is 33.2 Å². The highest BCUT2D eigenvalue weighted by atomic mass is 14.6. The van der Waals surface area contributed by atoms with Gasteiger partial charge in [-0.2, -0.15) is 0 Å². The van der Waals surface area contributed by atoms with Crippen LogP contribution >= 0.6 is 0 Å². The number of allylic oxidation sites excluding steroid dienone is 9. The Morgan fingerprint density at radius 2 is 1.74 bits per heavy atom.